The number of nitrogens with zero attached hydrogens (tertiary/aromatic N) is 3. The number of hydrogen-bond donors (Lipinski definition) is 3. The fraction of sp³-hybridized carbons (Fsp3) is 0.250. The first-order chi connectivity index (χ1) is 15.8. The molecule has 1 unspecified atom stereocenters. The number of urea groups is 1. The fourth-order valence-electron chi connectivity index (χ4n) is 4.01. The van der Waals surface area contributed by atoms with Crippen LogP contribution in [0.3, 0.4) is 0 Å². The Balaban J connectivity index is 1.55. The first-order valence-corrected chi connectivity index (χ1v) is 10.7. The van der Waals surface area contributed by atoms with E-state index in [4.69, 9.17) is 5.73 Å². The molecule has 2 aliphatic heterocycles. The van der Waals surface area contributed by atoms with Gasteiger partial charge in [0.2, 0.25) is 0 Å². The molecule has 1 saturated heterocycles. The highest BCUT2D eigenvalue weighted by atomic mass is 16.2. The Hall–Kier alpha value is -4.14. The third-order valence-corrected chi connectivity index (χ3v) is 5.81. The maximum absolute atomic E-state index is 13.0. The van der Waals surface area contributed by atoms with Crippen LogP contribution in [0.15, 0.2) is 64.9 Å². The Morgan fingerprint density at radius 1 is 1.12 bits per heavy atom. The summed E-state index contributed by atoms with van der Waals surface area (Å²) in [6.07, 6.45) is 2.38. The predicted molar refractivity (Wildman–Crippen MR) is 127 cm³/mol. The second kappa shape index (κ2) is 9.15. The summed E-state index contributed by atoms with van der Waals surface area (Å²) >= 11 is 0. The standard InChI is InChI=1S/C24H26N6O3/c1-15-3-9-18(10-4-15)30-14-13-26-20(21(30)22(25)31)23(32)28-17-7-5-16(6-8-17)19-11-12-27-24(33)29(19)2/h3-10,13,19H,11-12,14H2,1-2H3,(H2,25,31)(H,27,33)(H,28,32). The van der Waals surface area contributed by atoms with Crippen molar-refractivity contribution in [1.29, 1.82) is 0 Å². The highest BCUT2D eigenvalue weighted by molar-refractivity contribution is 6.12. The molecule has 2 aliphatic rings. The van der Waals surface area contributed by atoms with Gasteiger partial charge in [0.05, 0.1) is 12.6 Å². The zero-order valence-electron chi connectivity index (χ0n) is 18.5. The summed E-state index contributed by atoms with van der Waals surface area (Å²) < 4.78 is 0. The molecule has 2 aromatic rings. The molecule has 0 radical (unpaired) electrons. The van der Waals surface area contributed by atoms with Crippen molar-refractivity contribution in [2.75, 3.05) is 30.4 Å². The number of carbonyl (C=O) groups excluding carboxylic acids is 3. The number of aliphatic imine (C=N–C) groups is 1. The Morgan fingerprint density at radius 2 is 1.82 bits per heavy atom. The van der Waals surface area contributed by atoms with Crippen molar-refractivity contribution < 1.29 is 14.4 Å². The summed E-state index contributed by atoms with van der Waals surface area (Å²) in [5, 5.41) is 5.60. The Bertz CT molecular complexity index is 1140. The molecule has 0 spiro atoms. The van der Waals surface area contributed by atoms with Crippen molar-refractivity contribution >= 4 is 35.4 Å². The number of nitrogens with two attached hydrogens (primary N) is 1. The van der Waals surface area contributed by atoms with Gasteiger partial charge in [0.1, 0.15) is 5.70 Å². The Morgan fingerprint density at radius 3 is 2.48 bits per heavy atom. The van der Waals surface area contributed by atoms with E-state index in [-0.39, 0.29) is 23.5 Å². The van der Waals surface area contributed by atoms with Gasteiger partial charge in [-0.1, -0.05) is 29.8 Å². The molecule has 4 amide bonds. The lowest BCUT2D eigenvalue weighted by atomic mass is 10.0. The van der Waals surface area contributed by atoms with Crippen LogP contribution in [0.2, 0.25) is 0 Å². The van der Waals surface area contributed by atoms with Crippen LogP contribution in [-0.4, -0.2) is 49.1 Å². The SMILES string of the molecule is Cc1ccc(N2CC=NC(C(=O)Nc3ccc(C4CCNC(=O)N4C)cc3)=C2C(N)=O)cc1. The predicted octanol–water partition coefficient (Wildman–Crippen LogP) is 2.31. The molecule has 0 saturated carbocycles. The van der Waals surface area contributed by atoms with Crippen LogP contribution >= 0.6 is 0 Å². The van der Waals surface area contributed by atoms with Crippen LogP contribution in [0, 0.1) is 6.92 Å². The molecule has 1 fully saturated rings. The van der Waals surface area contributed by atoms with Crippen LogP contribution in [0.1, 0.15) is 23.6 Å². The first-order valence-electron chi connectivity index (χ1n) is 10.7. The zero-order valence-corrected chi connectivity index (χ0v) is 18.5. The third kappa shape index (κ3) is 4.57. The minimum atomic E-state index is -0.730. The molecule has 170 valence electrons. The van der Waals surface area contributed by atoms with Crippen LogP contribution in [0.5, 0.6) is 0 Å². The normalized spacial score (nSPS) is 18.2. The average molecular weight is 447 g/mol. The average Bonchev–Trinajstić information content (AvgIpc) is 2.81. The second-order valence-electron chi connectivity index (χ2n) is 8.04. The minimum Gasteiger partial charge on any atom is -0.364 e. The summed E-state index contributed by atoms with van der Waals surface area (Å²) in [6.45, 7) is 2.92. The van der Waals surface area contributed by atoms with E-state index in [2.05, 4.69) is 15.6 Å². The summed E-state index contributed by atoms with van der Waals surface area (Å²) in [7, 11) is 1.76. The maximum Gasteiger partial charge on any atom is 0.317 e. The second-order valence-corrected chi connectivity index (χ2v) is 8.04. The summed E-state index contributed by atoms with van der Waals surface area (Å²) in [6, 6.07) is 14.7. The lowest BCUT2D eigenvalue weighted by molar-refractivity contribution is -0.116. The number of primary amides is 1. The van der Waals surface area contributed by atoms with Gasteiger partial charge >= 0.3 is 6.03 Å². The summed E-state index contributed by atoms with van der Waals surface area (Å²) in [5.74, 6) is -1.26. The molecular weight excluding hydrogens is 420 g/mol. The first kappa shape index (κ1) is 22.1. The molecule has 1 atom stereocenters. The molecule has 9 heteroatoms. The molecular formula is C24H26N6O3. The number of anilines is 2. The van der Waals surface area contributed by atoms with Crippen molar-refractivity contribution in [3.63, 3.8) is 0 Å². The van der Waals surface area contributed by atoms with Crippen molar-refractivity contribution in [2.45, 2.75) is 19.4 Å². The van der Waals surface area contributed by atoms with Gasteiger partial charge in [0, 0.05) is 31.2 Å². The number of amides is 4. The molecule has 4 N–H and O–H groups in total. The van der Waals surface area contributed by atoms with Crippen molar-refractivity contribution in [2.24, 2.45) is 10.7 Å². The number of nitrogens with one attached hydrogen (secondary N) is 2. The van der Waals surface area contributed by atoms with E-state index in [9.17, 15) is 14.4 Å². The van der Waals surface area contributed by atoms with Gasteiger partial charge in [-0.25, -0.2) is 4.79 Å². The van der Waals surface area contributed by atoms with E-state index in [1.165, 1.54) is 0 Å². The van der Waals surface area contributed by atoms with E-state index in [1.54, 1.807) is 35.2 Å². The van der Waals surface area contributed by atoms with Gasteiger partial charge < -0.3 is 26.2 Å². The lowest BCUT2D eigenvalue weighted by Crippen LogP contribution is -2.45. The van der Waals surface area contributed by atoms with Gasteiger partial charge in [0.25, 0.3) is 11.8 Å². The van der Waals surface area contributed by atoms with Gasteiger partial charge in [-0.3, -0.25) is 14.6 Å². The van der Waals surface area contributed by atoms with E-state index in [1.807, 2.05) is 43.3 Å². The molecule has 9 nitrogen and oxygen atoms in total. The van der Waals surface area contributed by atoms with Crippen LogP contribution < -0.4 is 21.3 Å². The van der Waals surface area contributed by atoms with E-state index < -0.39 is 11.8 Å². The van der Waals surface area contributed by atoms with E-state index in [0.29, 0.717) is 18.8 Å². The van der Waals surface area contributed by atoms with Crippen molar-refractivity contribution in [3.05, 3.63) is 71.1 Å². The molecule has 33 heavy (non-hydrogen) atoms. The largest absolute Gasteiger partial charge is 0.364 e. The van der Waals surface area contributed by atoms with Crippen LogP contribution in [-0.2, 0) is 9.59 Å². The van der Waals surface area contributed by atoms with Gasteiger partial charge in [-0.2, -0.15) is 0 Å². The Kier molecular flexibility index (Phi) is 6.12. The Labute approximate surface area is 192 Å². The van der Waals surface area contributed by atoms with Crippen LogP contribution in [0.4, 0.5) is 16.2 Å². The van der Waals surface area contributed by atoms with Gasteiger partial charge in [-0.05, 0) is 43.2 Å². The molecule has 4 rings (SSSR count). The number of carbonyl (C=O) groups is 3. The highest BCUT2D eigenvalue weighted by Crippen LogP contribution is 2.28. The number of hydrogen-bond acceptors (Lipinski definition) is 5. The number of rotatable bonds is 5. The quantitative estimate of drug-likeness (QED) is 0.653. The van der Waals surface area contributed by atoms with Crippen molar-refractivity contribution in [1.82, 2.24) is 10.2 Å². The lowest BCUT2D eigenvalue weighted by Gasteiger charge is -2.33. The highest BCUT2D eigenvalue weighted by Gasteiger charge is 2.28. The third-order valence-electron chi connectivity index (χ3n) is 5.81. The molecule has 2 aromatic carbocycles. The minimum absolute atomic E-state index is 0.0290. The molecule has 0 bridgehead atoms. The summed E-state index contributed by atoms with van der Waals surface area (Å²) in [5.41, 5.74) is 9.00. The topological polar surface area (TPSA) is 120 Å². The van der Waals surface area contributed by atoms with E-state index in [0.717, 1.165) is 23.2 Å². The van der Waals surface area contributed by atoms with Crippen molar-refractivity contribution in [3.8, 4) is 0 Å². The van der Waals surface area contributed by atoms with Gasteiger partial charge in [0.15, 0.2) is 5.70 Å². The van der Waals surface area contributed by atoms with Crippen LogP contribution in [0.25, 0.3) is 0 Å². The van der Waals surface area contributed by atoms with Gasteiger partial charge in [-0.15, -0.1) is 0 Å². The smallest absolute Gasteiger partial charge is 0.317 e. The number of benzene rings is 2. The summed E-state index contributed by atoms with van der Waals surface area (Å²) in [4.78, 5) is 44.7. The zero-order chi connectivity index (χ0) is 23.5. The monoisotopic (exact) mass is 446 g/mol. The van der Waals surface area contributed by atoms with E-state index >= 15 is 0 Å². The maximum atomic E-state index is 13.0. The number of aryl methyl sites for hydroxylation is 1. The molecule has 0 aliphatic carbocycles. The molecule has 2 heterocycles. The molecule has 0 aromatic heterocycles. The fourth-order valence-corrected chi connectivity index (χ4v) is 4.01.